The Morgan fingerprint density at radius 2 is 2.07 bits per heavy atom. The number of carbonyl (C=O) groups excluding carboxylic acids is 1. The van der Waals surface area contributed by atoms with Gasteiger partial charge in [0.05, 0.1) is 12.5 Å². The van der Waals surface area contributed by atoms with Crippen molar-refractivity contribution >= 4 is 24.4 Å². The third kappa shape index (κ3) is 5.90. The highest BCUT2D eigenvalue weighted by Crippen LogP contribution is 2.39. The minimum Gasteiger partial charge on any atom is -0.481 e. The number of hydrogen-bond acceptors (Lipinski definition) is 5. The van der Waals surface area contributed by atoms with E-state index in [4.69, 9.17) is 17.7 Å². The lowest BCUT2D eigenvalue weighted by Gasteiger charge is -2.38. The summed E-state index contributed by atoms with van der Waals surface area (Å²) < 4.78 is 14.6. The first-order valence-corrected chi connectivity index (χ1v) is 10.7. The number of hydrogen-bond donors (Lipinski definition) is 2. The highest BCUT2D eigenvalue weighted by molar-refractivity contribution is 7.81. The Labute approximate surface area is 177 Å². The Hall–Kier alpha value is -1.70. The summed E-state index contributed by atoms with van der Waals surface area (Å²) in [6.45, 7) is 2.35. The molecule has 1 aromatic rings. The Kier molecular flexibility index (Phi) is 7.49. The molecule has 1 N–H and O–H groups in total. The standard InChI is InChI=1S/C22H29FN2O3S/c1-24(12-10-20(26)27)11-8-16-14-25(13-9-19(16)29)21(22(28)15-6-7-15)17-4-2-3-5-18(17)23/h2-5,8,15,19,21,29H,6-7,9-14H2,1H3,(H,26,27). The van der Waals surface area contributed by atoms with Crippen molar-refractivity contribution in [3.05, 3.63) is 47.3 Å². The Morgan fingerprint density at radius 1 is 1.34 bits per heavy atom. The van der Waals surface area contributed by atoms with Gasteiger partial charge in [-0.25, -0.2) is 4.39 Å². The SMILES string of the molecule is CN(CC=C1CN(C(C(=O)C2CC2)c2ccccc2F)CCC1S)CCC(=O)O. The monoisotopic (exact) mass is 420 g/mol. The van der Waals surface area contributed by atoms with Crippen LogP contribution < -0.4 is 0 Å². The van der Waals surface area contributed by atoms with Gasteiger partial charge in [0.1, 0.15) is 5.82 Å². The van der Waals surface area contributed by atoms with E-state index in [-0.39, 0.29) is 29.2 Å². The first-order valence-electron chi connectivity index (χ1n) is 10.2. The molecule has 1 aromatic carbocycles. The molecule has 1 aliphatic carbocycles. The van der Waals surface area contributed by atoms with Crippen molar-refractivity contribution in [1.29, 1.82) is 0 Å². The number of Topliss-reactive ketones (excluding diaryl/α,β-unsaturated/α-hetero) is 1. The van der Waals surface area contributed by atoms with Crippen LogP contribution in [0.1, 0.15) is 37.3 Å². The van der Waals surface area contributed by atoms with Gasteiger partial charge in [-0.15, -0.1) is 0 Å². The molecule has 0 amide bonds. The second-order valence-corrected chi connectivity index (χ2v) is 8.68. The lowest BCUT2D eigenvalue weighted by atomic mass is 9.93. The van der Waals surface area contributed by atoms with Crippen LogP contribution in [0.15, 0.2) is 35.9 Å². The van der Waals surface area contributed by atoms with Gasteiger partial charge in [-0.05, 0) is 37.9 Å². The number of ketones is 1. The van der Waals surface area contributed by atoms with Gasteiger partial charge in [-0.1, -0.05) is 24.3 Å². The summed E-state index contributed by atoms with van der Waals surface area (Å²) in [6.07, 6.45) is 4.75. The van der Waals surface area contributed by atoms with Crippen molar-refractivity contribution < 1.29 is 19.1 Å². The van der Waals surface area contributed by atoms with Gasteiger partial charge in [0.15, 0.2) is 5.78 Å². The average molecular weight is 421 g/mol. The van der Waals surface area contributed by atoms with Gasteiger partial charge in [-0.2, -0.15) is 12.6 Å². The fraction of sp³-hybridized carbons (Fsp3) is 0.545. The predicted molar refractivity (Wildman–Crippen MR) is 114 cm³/mol. The number of nitrogens with zero attached hydrogens (tertiary/aromatic N) is 2. The number of halogens is 1. The van der Waals surface area contributed by atoms with E-state index < -0.39 is 12.0 Å². The van der Waals surface area contributed by atoms with Crippen molar-refractivity contribution in [3.63, 3.8) is 0 Å². The minimum absolute atomic E-state index is 0.0444. The second-order valence-electron chi connectivity index (χ2n) is 8.06. The molecule has 0 radical (unpaired) electrons. The molecule has 29 heavy (non-hydrogen) atoms. The van der Waals surface area contributed by atoms with Crippen LogP contribution in [0.4, 0.5) is 4.39 Å². The number of aliphatic carboxylic acids is 1. The summed E-state index contributed by atoms with van der Waals surface area (Å²) in [5.74, 6) is -0.987. The summed E-state index contributed by atoms with van der Waals surface area (Å²) in [5, 5.41) is 8.92. The van der Waals surface area contributed by atoms with Crippen molar-refractivity contribution in [2.24, 2.45) is 5.92 Å². The van der Waals surface area contributed by atoms with E-state index in [2.05, 4.69) is 11.0 Å². The number of carboxylic acid groups (broad SMARTS) is 1. The molecule has 1 aliphatic heterocycles. The fourth-order valence-electron chi connectivity index (χ4n) is 3.78. The fourth-order valence-corrected chi connectivity index (χ4v) is 4.08. The lowest BCUT2D eigenvalue weighted by Crippen LogP contribution is -2.43. The molecule has 2 atom stereocenters. The molecule has 158 valence electrons. The van der Waals surface area contributed by atoms with Crippen LogP contribution in [0, 0.1) is 11.7 Å². The Bertz CT molecular complexity index is 781. The zero-order valence-electron chi connectivity index (χ0n) is 16.8. The number of likely N-dealkylation sites (tertiary alicyclic amines) is 1. The van der Waals surface area contributed by atoms with Gasteiger partial charge in [-0.3, -0.25) is 14.5 Å². The molecule has 0 spiro atoms. The quantitative estimate of drug-likeness (QED) is 0.475. The molecule has 2 fully saturated rings. The molecule has 2 unspecified atom stereocenters. The molecular formula is C22H29FN2O3S. The van der Waals surface area contributed by atoms with Crippen LogP contribution >= 0.6 is 12.6 Å². The first kappa shape index (κ1) is 22.0. The number of rotatable bonds is 9. The van der Waals surface area contributed by atoms with Gasteiger partial charge in [0.25, 0.3) is 0 Å². The molecule has 7 heteroatoms. The van der Waals surface area contributed by atoms with Gasteiger partial charge < -0.3 is 10.0 Å². The van der Waals surface area contributed by atoms with E-state index in [1.54, 1.807) is 18.2 Å². The molecule has 1 heterocycles. The summed E-state index contributed by atoms with van der Waals surface area (Å²) in [4.78, 5) is 27.8. The van der Waals surface area contributed by atoms with Gasteiger partial charge in [0.2, 0.25) is 0 Å². The molecule has 1 saturated heterocycles. The Morgan fingerprint density at radius 3 is 2.72 bits per heavy atom. The van der Waals surface area contributed by atoms with E-state index in [0.29, 0.717) is 31.7 Å². The highest BCUT2D eigenvalue weighted by Gasteiger charge is 2.40. The van der Waals surface area contributed by atoms with Crippen molar-refractivity contribution in [3.8, 4) is 0 Å². The third-order valence-electron chi connectivity index (χ3n) is 5.69. The third-order valence-corrected chi connectivity index (χ3v) is 6.28. The first-order chi connectivity index (χ1) is 13.9. The molecule has 1 saturated carbocycles. The highest BCUT2D eigenvalue weighted by atomic mass is 32.1. The zero-order valence-corrected chi connectivity index (χ0v) is 17.7. The maximum absolute atomic E-state index is 14.6. The molecule has 0 bridgehead atoms. The van der Waals surface area contributed by atoms with E-state index in [0.717, 1.165) is 24.8 Å². The van der Waals surface area contributed by atoms with Crippen LogP contribution in [-0.2, 0) is 9.59 Å². The summed E-state index contributed by atoms with van der Waals surface area (Å²) in [6, 6.07) is 6.01. The van der Waals surface area contributed by atoms with Crippen LogP contribution in [0.5, 0.6) is 0 Å². The van der Waals surface area contributed by atoms with Crippen molar-refractivity contribution in [2.45, 2.75) is 37.0 Å². The Balaban J connectivity index is 1.75. The number of carbonyl (C=O) groups is 2. The van der Waals surface area contributed by atoms with Gasteiger partial charge >= 0.3 is 5.97 Å². The molecule has 3 rings (SSSR count). The van der Waals surface area contributed by atoms with Gasteiger partial charge in [0, 0.05) is 42.9 Å². The normalized spacial score (nSPS) is 22.8. The van der Waals surface area contributed by atoms with E-state index in [9.17, 15) is 14.0 Å². The second kappa shape index (κ2) is 9.87. The molecular weight excluding hydrogens is 391 g/mol. The van der Waals surface area contributed by atoms with E-state index >= 15 is 0 Å². The maximum Gasteiger partial charge on any atom is 0.304 e. The summed E-state index contributed by atoms with van der Waals surface area (Å²) in [5.41, 5.74) is 1.56. The van der Waals surface area contributed by atoms with Crippen LogP contribution in [0.2, 0.25) is 0 Å². The predicted octanol–water partition coefficient (Wildman–Crippen LogP) is 3.18. The maximum atomic E-state index is 14.6. The molecule has 0 aromatic heterocycles. The molecule has 2 aliphatic rings. The van der Waals surface area contributed by atoms with Crippen molar-refractivity contribution in [2.75, 3.05) is 33.2 Å². The number of thiol groups is 1. The summed E-state index contributed by atoms with van der Waals surface area (Å²) in [7, 11) is 1.88. The number of likely N-dealkylation sites (N-methyl/N-ethyl adjacent to an activating group) is 1. The van der Waals surface area contributed by atoms with E-state index in [1.165, 1.54) is 6.07 Å². The largest absolute Gasteiger partial charge is 0.481 e. The number of piperidine rings is 1. The van der Waals surface area contributed by atoms with Crippen LogP contribution in [0.25, 0.3) is 0 Å². The molecule has 5 nitrogen and oxygen atoms in total. The van der Waals surface area contributed by atoms with Crippen LogP contribution in [0.3, 0.4) is 0 Å². The van der Waals surface area contributed by atoms with Crippen molar-refractivity contribution in [1.82, 2.24) is 9.80 Å². The number of carboxylic acids is 1. The van der Waals surface area contributed by atoms with E-state index in [1.807, 2.05) is 11.9 Å². The lowest BCUT2D eigenvalue weighted by molar-refractivity contribution is -0.137. The average Bonchev–Trinajstić information content (AvgIpc) is 3.53. The summed E-state index contributed by atoms with van der Waals surface area (Å²) >= 11 is 4.70. The zero-order chi connectivity index (χ0) is 21.0. The van der Waals surface area contributed by atoms with Crippen LogP contribution in [-0.4, -0.2) is 65.1 Å². The number of benzene rings is 1. The minimum atomic E-state index is -0.813. The topological polar surface area (TPSA) is 60.9 Å². The smallest absolute Gasteiger partial charge is 0.304 e.